The Balaban J connectivity index is 1.55. The van der Waals surface area contributed by atoms with Crippen molar-refractivity contribution in [1.82, 2.24) is 4.90 Å². The molecule has 27 heavy (non-hydrogen) atoms. The van der Waals surface area contributed by atoms with Gasteiger partial charge in [-0.05, 0) is 30.7 Å². The van der Waals surface area contributed by atoms with Crippen molar-refractivity contribution in [1.29, 1.82) is 0 Å². The lowest BCUT2D eigenvalue weighted by Crippen LogP contribution is -2.31. The summed E-state index contributed by atoms with van der Waals surface area (Å²) in [6.07, 6.45) is 0.540. The van der Waals surface area contributed by atoms with Crippen LogP contribution in [0.15, 0.2) is 42.5 Å². The molecule has 1 aliphatic rings. The molecule has 0 atom stereocenters. The number of rotatable bonds is 7. The minimum absolute atomic E-state index is 0.169. The van der Waals surface area contributed by atoms with Crippen LogP contribution in [0.1, 0.15) is 33.6 Å². The molecule has 0 saturated heterocycles. The van der Waals surface area contributed by atoms with Crippen LogP contribution in [0.2, 0.25) is 0 Å². The van der Waals surface area contributed by atoms with E-state index in [1.54, 1.807) is 49.6 Å². The Morgan fingerprint density at radius 3 is 2.26 bits per heavy atom. The molecule has 0 saturated carbocycles. The Labute approximate surface area is 156 Å². The fourth-order valence-corrected chi connectivity index (χ4v) is 2.95. The number of carbonyl (C=O) groups is 3. The third-order valence-electron chi connectivity index (χ3n) is 4.35. The summed E-state index contributed by atoms with van der Waals surface area (Å²) in [5.41, 5.74) is 1.36. The van der Waals surface area contributed by atoms with Gasteiger partial charge >= 0.3 is 0 Å². The SMILES string of the molecule is COc1ccc(NC(=O)CCCN2C(=O)c3ccccc3C2=O)c(OC)c1. The van der Waals surface area contributed by atoms with Crippen LogP contribution < -0.4 is 14.8 Å². The number of fused-ring (bicyclic) bond motifs is 1. The Morgan fingerprint density at radius 1 is 1.00 bits per heavy atom. The van der Waals surface area contributed by atoms with Crippen LogP contribution in [0, 0.1) is 0 Å². The van der Waals surface area contributed by atoms with Gasteiger partial charge in [-0.25, -0.2) is 0 Å². The topological polar surface area (TPSA) is 84.9 Å². The summed E-state index contributed by atoms with van der Waals surface area (Å²) in [5, 5.41) is 2.77. The van der Waals surface area contributed by atoms with Crippen molar-refractivity contribution < 1.29 is 23.9 Å². The van der Waals surface area contributed by atoms with Crippen molar-refractivity contribution in [2.75, 3.05) is 26.1 Å². The van der Waals surface area contributed by atoms with Crippen molar-refractivity contribution in [2.45, 2.75) is 12.8 Å². The summed E-state index contributed by atoms with van der Waals surface area (Å²) in [7, 11) is 3.05. The molecule has 0 unspecified atom stereocenters. The molecule has 0 aliphatic carbocycles. The van der Waals surface area contributed by atoms with Gasteiger partial charge in [0.25, 0.3) is 11.8 Å². The number of anilines is 1. The van der Waals surface area contributed by atoms with E-state index in [1.165, 1.54) is 12.0 Å². The first-order chi connectivity index (χ1) is 13.0. The average Bonchev–Trinajstić information content (AvgIpc) is 2.93. The molecule has 1 N–H and O–H groups in total. The first kappa shape index (κ1) is 18.4. The number of ether oxygens (including phenoxy) is 2. The summed E-state index contributed by atoms with van der Waals surface area (Å²) < 4.78 is 10.4. The van der Waals surface area contributed by atoms with Gasteiger partial charge in [0.15, 0.2) is 0 Å². The summed E-state index contributed by atoms with van der Waals surface area (Å²) in [6.45, 7) is 0.194. The van der Waals surface area contributed by atoms with E-state index in [9.17, 15) is 14.4 Å². The standard InChI is InChI=1S/C20H20N2O5/c1-26-13-9-10-16(17(12-13)27-2)21-18(23)8-5-11-22-19(24)14-6-3-4-7-15(14)20(22)25/h3-4,6-7,9-10,12H,5,8,11H2,1-2H3,(H,21,23). The summed E-state index contributed by atoms with van der Waals surface area (Å²) >= 11 is 0. The van der Waals surface area contributed by atoms with Crippen molar-refractivity contribution in [3.63, 3.8) is 0 Å². The van der Waals surface area contributed by atoms with E-state index in [4.69, 9.17) is 9.47 Å². The number of hydrogen-bond acceptors (Lipinski definition) is 5. The highest BCUT2D eigenvalue weighted by Crippen LogP contribution is 2.29. The van der Waals surface area contributed by atoms with E-state index in [0.29, 0.717) is 34.7 Å². The van der Waals surface area contributed by atoms with Crippen LogP contribution in [-0.2, 0) is 4.79 Å². The van der Waals surface area contributed by atoms with Gasteiger partial charge in [-0.15, -0.1) is 0 Å². The monoisotopic (exact) mass is 368 g/mol. The molecule has 0 bridgehead atoms. The van der Waals surface area contributed by atoms with Crippen LogP contribution in [0.25, 0.3) is 0 Å². The second-order valence-corrected chi connectivity index (χ2v) is 6.03. The summed E-state index contributed by atoms with van der Waals surface area (Å²) in [4.78, 5) is 38.0. The van der Waals surface area contributed by atoms with Crippen LogP contribution in [0.3, 0.4) is 0 Å². The minimum Gasteiger partial charge on any atom is -0.497 e. The number of benzene rings is 2. The molecule has 1 aliphatic heterocycles. The zero-order chi connectivity index (χ0) is 19.4. The molecule has 0 radical (unpaired) electrons. The van der Waals surface area contributed by atoms with Gasteiger partial charge in [0.2, 0.25) is 5.91 Å². The Hall–Kier alpha value is -3.35. The maximum atomic E-state index is 12.3. The fraction of sp³-hybridized carbons (Fsp3) is 0.250. The highest BCUT2D eigenvalue weighted by molar-refractivity contribution is 6.21. The third kappa shape index (κ3) is 3.76. The van der Waals surface area contributed by atoms with E-state index in [1.807, 2.05) is 0 Å². The maximum Gasteiger partial charge on any atom is 0.261 e. The van der Waals surface area contributed by atoms with E-state index >= 15 is 0 Å². The van der Waals surface area contributed by atoms with E-state index in [2.05, 4.69) is 5.32 Å². The zero-order valence-electron chi connectivity index (χ0n) is 15.2. The van der Waals surface area contributed by atoms with Gasteiger partial charge in [0.1, 0.15) is 11.5 Å². The fourth-order valence-electron chi connectivity index (χ4n) is 2.95. The number of carbonyl (C=O) groups excluding carboxylic acids is 3. The van der Waals surface area contributed by atoms with Gasteiger partial charge in [0, 0.05) is 19.0 Å². The Bertz CT molecular complexity index is 859. The number of nitrogens with one attached hydrogen (secondary N) is 1. The van der Waals surface area contributed by atoms with Crippen LogP contribution in [0.4, 0.5) is 5.69 Å². The Morgan fingerprint density at radius 2 is 1.67 bits per heavy atom. The smallest absolute Gasteiger partial charge is 0.261 e. The molecule has 2 aromatic rings. The summed E-state index contributed by atoms with van der Waals surface area (Å²) in [6, 6.07) is 11.8. The lowest BCUT2D eigenvalue weighted by Gasteiger charge is -2.14. The van der Waals surface area contributed by atoms with Gasteiger partial charge in [-0.1, -0.05) is 12.1 Å². The molecule has 1 heterocycles. The lowest BCUT2D eigenvalue weighted by molar-refractivity contribution is -0.116. The first-order valence-corrected chi connectivity index (χ1v) is 8.52. The number of hydrogen-bond donors (Lipinski definition) is 1. The molecule has 3 rings (SSSR count). The normalized spacial score (nSPS) is 12.7. The van der Waals surface area contributed by atoms with Crippen LogP contribution in [0.5, 0.6) is 11.5 Å². The number of methoxy groups -OCH3 is 2. The largest absolute Gasteiger partial charge is 0.497 e. The van der Waals surface area contributed by atoms with E-state index in [-0.39, 0.29) is 30.7 Å². The van der Waals surface area contributed by atoms with E-state index in [0.717, 1.165) is 0 Å². The van der Waals surface area contributed by atoms with Crippen molar-refractivity contribution in [3.05, 3.63) is 53.6 Å². The van der Waals surface area contributed by atoms with Gasteiger partial charge < -0.3 is 14.8 Å². The van der Waals surface area contributed by atoms with Crippen LogP contribution >= 0.6 is 0 Å². The van der Waals surface area contributed by atoms with Crippen LogP contribution in [-0.4, -0.2) is 43.4 Å². The average molecular weight is 368 g/mol. The van der Waals surface area contributed by atoms with E-state index < -0.39 is 0 Å². The number of nitrogens with zero attached hydrogens (tertiary/aromatic N) is 1. The van der Waals surface area contributed by atoms with Gasteiger partial charge in [-0.2, -0.15) is 0 Å². The highest BCUT2D eigenvalue weighted by Gasteiger charge is 2.34. The number of amides is 3. The first-order valence-electron chi connectivity index (χ1n) is 8.52. The summed E-state index contributed by atoms with van der Waals surface area (Å²) in [5.74, 6) is 0.259. The third-order valence-corrected chi connectivity index (χ3v) is 4.35. The lowest BCUT2D eigenvalue weighted by atomic mass is 10.1. The molecule has 2 aromatic carbocycles. The predicted molar refractivity (Wildman–Crippen MR) is 99.2 cm³/mol. The maximum absolute atomic E-state index is 12.3. The second-order valence-electron chi connectivity index (χ2n) is 6.03. The highest BCUT2D eigenvalue weighted by atomic mass is 16.5. The molecular formula is C20H20N2O5. The molecule has 7 heteroatoms. The molecule has 7 nitrogen and oxygen atoms in total. The predicted octanol–water partition coefficient (Wildman–Crippen LogP) is 2.72. The zero-order valence-corrected chi connectivity index (χ0v) is 15.2. The van der Waals surface area contributed by atoms with Crippen molar-refractivity contribution in [2.24, 2.45) is 0 Å². The van der Waals surface area contributed by atoms with Crippen molar-refractivity contribution in [3.8, 4) is 11.5 Å². The van der Waals surface area contributed by atoms with Crippen molar-refractivity contribution >= 4 is 23.4 Å². The molecule has 0 fully saturated rings. The minimum atomic E-state index is -0.312. The van der Waals surface area contributed by atoms with Gasteiger partial charge in [0.05, 0.1) is 31.0 Å². The molecule has 0 spiro atoms. The molecular weight excluding hydrogens is 348 g/mol. The second kappa shape index (κ2) is 7.90. The number of imide groups is 1. The van der Waals surface area contributed by atoms with Gasteiger partial charge in [-0.3, -0.25) is 19.3 Å². The Kier molecular flexibility index (Phi) is 5.40. The molecule has 0 aromatic heterocycles. The molecule has 3 amide bonds. The quantitative estimate of drug-likeness (QED) is 0.760. The molecule has 140 valence electrons.